The third-order valence-electron chi connectivity index (χ3n) is 2.74. The van der Waals surface area contributed by atoms with Crippen LogP contribution in [0.4, 0.5) is 5.69 Å². The minimum atomic E-state index is 0.0927. The normalized spacial score (nSPS) is 11.7. The summed E-state index contributed by atoms with van der Waals surface area (Å²) in [6.45, 7) is 4.13. The maximum atomic E-state index is 8.77. The predicted octanol–water partition coefficient (Wildman–Crippen LogP) is 1.63. The summed E-state index contributed by atoms with van der Waals surface area (Å²) < 4.78 is 5.18. The highest BCUT2D eigenvalue weighted by Crippen LogP contribution is 2.26. The molecule has 1 aromatic carbocycles. The first-order valence-corrected chi connectivity index (χ1v) is 5.40. The smallest absolute Gasteiger partial charge is 0.172 e. The Balaban J connectivity index is 3.30. The lowest BCUT2D eigenvalue weighted by Crippen LogP contribution is -2.28. The van der Waals surface area contributed by atoms with Crippen molar-refractivity contribution in [2.24, 2.45) is 10.9 Å². The summed E-state index contributed by atoms with van der Waals surface area (Å²) in [4.78, 5) is 2.04. The van der Waals surface area contributed by atoms with Crippen LogP contribution < -0.4 is 15.4 Å². The van der Waals surface area contributed by atoms with E-state index in [0.29, 0.717) is 11.6 Å². The van der Waals surface area contributed by atoms with Gasteiger partial charge in [0.25, 0.3) is 0 Å². The number of benzene rings is 1. The van der Waals surface area contributed by atoms with Crippen LogP contribution in [0.1, 0.15) is 19.4 Å². The van der Waals surface area contributed by atoms with Gasteiger partial charge in [-0.05, 0) is 26.0 Å². The molecule has 0 heterocycles. The van der Waals surface area contributed by atoms with E-state index in [2.05, 4.69) is 19.0 Å². The molecule has 0 unspecified atom stereocenters. The monoisotopic (exact) mass is 237 g/mol. The van der Waals surface area contributed by atoms with E-state index < -0.39 is 0 Å². The lowest BCUT2D eigenvalue weighted by molar-refractivity contribution is 0.318. The van der Waals surface area contributed by atoms with E-state index in [9.17, 15) is 0 Å². The topological polar surface area (TPSA) is 71.1 Å². The summed E-state index contributed by atoms with van der Waals surface area (Å²) in [6.07, 6.45) is 0. The highest BCUT2D eigenvalue weighted by Gasteiger charge is 2.14. The molecule has 0 aliphatic carbocycles. The molecule has 0 aromatic heterocycles. The van der Waals surface area contributed by atoms with E-state index in [-0.39, 0.29) is 5.84 Å². The molecule has 0 atom stereocenters. The Morgan fingerprint density at radius 2 is 2.12 bits per heavy atom. The number of hydrogen-bond acceptors (Lipinski definition) is 4. The summed E-state index contributed by atoms with van der Waals surface area (Å²) in [5.74, 6) is 0.831. The van der Waals surface area contributed by atoms with Crippen molar-refractivity contribution in [1.82, 2.24) is 0 Å². The maximum absolute atomic E-state index is 8.77. The van der Waals surface area contributed by atoms with Crippen molar-refractivity contribution in [3.8, 4) is 5.75 Å². The molecule has 0 radical (unpaired) electrons. The fraction of sp³-hybridized carbons (Fsp3) is 0.417. The summed E-state index contributed by atoms with van der Waals surface area (Å²) in [5.41, 5.74) is 7.21. The zero-order valence-corrected chi connectivity index (χ0v) is 10.6. The van der Waals surface area contributed by atoms with Crippen molar-refractivity contribution in [3.05, 3.63) is 23.8 Å². The van der Waals surface area contributed by atoms with Gasteiger partial charge in [0.15, 0.2) is 5.84 Å². The van der Waals surface area contributed by atoms with Crippen LogP contribution in [0.15, 0.2) is 23.4 Å². The highest BCUT2D eigenvalue weighted by atomic mass is 16.5. The molecule has 0 spiro atoms. The molecule has 0 saturated heterocycles. The van der Waals surface area contributed by atoms with Gasteiger partial charge in [-0.1, -0.05) is 5.16 Å². The van der Waals surface area contributed by atoms with E-state index in [0.717, 1.165) is 11.4 Å². The third kappa shape index (κ3) is 2.81. The number of ether oxygens (including phenoxy) is 1. The van der Waals surface area contributed by atoms with Crippen molar-refractivity contribution in [2.75, 3.05) is 19.1 Å². The van der Waals surface area contributed by atoms with Crippen LogP contribution in [-0.4, -0.2) is 31.2 Å². The van der Waals surface area contributed by atoms with Crippen molar-refractivity contribution < 1.29 is 9.94 Å². The fourth-order valence-corrected chi connectivity index (χ4v) is 1.48. The molecule has 1 aromatic rings. The lowest BCUT2D eigenvalue weighted by atomic mass is 10.1. The molecule has 0 fully saturated rings. The third-order valence-corrected chi connectivity index (χ3v) is 2.74. The van der Waals surface area contributed by atoms with Crippen LogP contribution in [0.5, 0.6) is 5.75 Å². The van der Waals surface area contributed by atoms with Crippen molar-refractivity contribution in [2.45, 2.75) is 19.9 Å². The fourth-order valence-electron chi connectivity index (χ4n) is 1.48. The van der Waals surface area contributed by atoms with Crippen LogP contribution >= 0.6 is 0 Å². The van der Waals surface area contributed by atoms with Gasteiger partial charge in [-0.3, -0.25) is 0 Å². The lowest BCUT2D eigenvalue weighted by Gasteiger charge is -2.26. The molecule has 17 heavy (non-hydrogen) atoms. The molecule has 0 saturated carbocycles. The van der Waals surface area contributed by atoms with Crippen LogP contribution in [0.3, 0.4) is 0 Å². The molecule has 1 rings (SSSR count). The Morgan fingerprint density at radius 3 is 2.59 bits per heavy atom. The van der Waals surface area contributed by atoms with Gasteiger partial charge in [-0.25, -0.2) is 0 Å². The van der Waals surface area contributed by atoms with Gasteiger partial charge in [-0.15, -0.1) is 0 Å². The Kier molecular flexibility index (Phi) is 4.20. The number of rotatable bonds is 4. The van der Waals surface area contributed by atoms with Crippen LogP contribution in [-0.2, 0) is 0 Å². The number of nitrogens with two attached hydrogens (primary N) is 1. The second-order valence-corrected chi connectivity index (χ2v) is 4.07. The van der Waals surface area contributed by atoms with Crippen molar-refractivity contribution >= 4 is 11.5 Å². The second-order valence-electron chi connectivity index (χ2n) is 4.07. The summed E-state index contributed by atoms with van der Waals surface area (Å²) in [7, 11) is 3.56. The highest BCUT2D eigenvalue weighted by molar-refractivity contribution is 6.02. The first-order valence-electron chi connectivity index (χ1n) is 5.40. The van der Waals surface area contributed by atoms with Gasteiger partial charge in [0.1, 0.15) is 5.75 Å². The van der Waals surface area contributed by atoms with Crippen LogP contribution in [0.25, 0.3) is 0 Å². The van der Waals surface area contributed by atoms with Gasteiger partial charge < -0.3 is 20.6 Å². The maximum Gasteiger partial charge on any atom is 0.172 e. The van der Waals surface area contributed by atoms with E-state index in [1.807, 2.05) is 18.0 Å². The molecular formula is C12H19N3O2. The van der Waals surface area contributed by atoms with Gasteiger partial charge in [0, 0.05) is 24.7 Å². The van der Waals surface area contributed by atoms with Gasteiger partial charge in [-0.2, -0.15) is 0 Å². The molecule has 5 nitrogen and oxygen atoms in total. The number of oxime groups is 1. The van der Waals surface area contributed by atoms with E-state index in [4.69, 9.17) is 15.7 Å². The largest absolute Gasteiger partial charge is 0.497 e. The summed E-state index contributed by atoms with van der Waals surface area (Å²) in [6, 6.07) is 5.73. The van der Waals surface area contributed by atoms with Crippen molar-refractivity contribution in [3.63, 3.8) is 0 Å². The SMILES string of the molecule is COc1ccc(/C(N)=N/O)c(N(C)C(C)C)c1. The molecule has 0 aliphatic rings. The second kappa shape index (κ2) is 5.43. The van der Waals surface area contributed by atoms with Gasteiger partial charge in [0.2, 0.25) is 0 Å². The van der Waals surface area contributed by atoms with E-state index >= 15 is 0 Å². The average Bonchev–Trinajstić information content (AvgIpc) is 2.35. The van der Waals surface area contributed by atoms with Gasteiger partial charge >= 0.3 is 0 Å². The Morgan fingerprint density at radius 1 is 1.47 bits per heavy atom. The number of anilines is 1. The van der Waals surface area contributed by atoms with E-state index in [1.165, 1.54) is 0 Å². The molecular weight excluding hydrogens is 218 g/mol. The number of hydrogen-bond donors (Lipinski definition) is 2. The quantitative estimate of drug-likeness (QED) is 0.361. The predicted molar refractivity (Wildman–Crippen MR) is 69.0 cm³/mol. The molecule has 0 amide bonds. The van der Waals surface area contributed by atoms with Crippen LogP contribution in [0, 0.1) is 0 Å². The van der Waals surface area contributed by atoms with Gasteiger partial charge in [0.05, 0.1) is 12.8 Å². The molecule has 0 aliphatic heterocycles. The molecule has 3 N–H and O–H groups in total. The van der Waals surface area contributed by atoms with E-state index in [1.54, 1.807) is 19.2 Å². The van der Waals surface area contributed by atoms with Crippen LogP contribution in [0.2, 0.25) is 0 Å². The summed E-state index contributed by atoms with van der Waals surface area (Å²) in [5, 5.41) is 11.8. The molecule has 5 heteroatoms. The minimum absolute atomic E-state index is 0.0927. The van der Waals surface area contributed by atoms with Crippen molar-refractivity contribution in [1.29, 1.82) is 0 Å². The molecule has 0 bridgehead atoms. The Hall–Kier alpha value is -1.91. The zero-order chi connectivity index (χ0) is 13.0. The summed E-state index contributed by atoms with van der Waals surface area (Å²) >= 11 is 0. The number of amidine groups is 1. The average molecular weight is 237 g/mol. The number of methoxy groups -OCH3 is 1. The number of nitrogens with zero attached hydrogens (tertiary/aromatic N) is 2. The first-order chi connectivity index (χ1) is 8.01. The zero-order valence-electron chi connectivity index (χ0n) is 10.6. The Bertz CT molecular complexity index is 416. The molecule has 94 valence electrons. The Labute approximate surface area is 101 Å². The minimum Gasteiger partial charge on any atom is -0.497 e. The first kappa shape index (κ1) is 13.2. The standard InChI is InChI=1S/C12H19N3O2/c1-8(2)15(3)11-7-9(17-4)5-6-10(11)12(13)14-16/h5-8,16H,1-4H3,(H2,13,14).